The topological polar surface area (TPSA) is 12.0 Å². The number of hydrogen-bond acceptors (Lipinski definition) is 1. The van der Waals surface area contributed by atoms with Crippen molar-refractivity contribution in [2.24, 2.45) is 0 Å². The summed E-state index contributed by atoms with van der Waals surface area (Å²) in [6, 6.07) is 10.9. The Kier molecular flexibility index (Phi) is 5.10. The van der Waals surface area contributed by atoms with E-state index >= 15 is 0 Å². The van der Waals surface area contributed by atoms with Crippen LogP contribution in [0.25, 0.3) is 0 Å². The molecule has 0 aliphatic rings. The summed E-state index contributed by atoms with van der Waals surface area (Å²) in [6.07, 6.45) is 0.552. The van der Waals surface area contributed by atoms with E-state index in [1.165, 1.54) is 12.1 Å². The molecule has 106 valence electrons. The maximum Gasteiger partial charge on any atom is 0.130 e. The Morgan fingerprint density at radius 2 is 1.90 bits per heavy atom. The summed E-state index contributed by atoms with van der Waals surface area (Å²) in [5, 5.41) is 3.86. The van der Waals surface area contributed by atoms with Gasteiger partial charge in [-0.2, -0.15) is 0 Å². The summed E-state index contributed by atoms with van der Waals surface area (Å²) in [6.45, 7) is 2.63. The quantitative estimate of drug-likeness (QED) is 0.855. The third kappa shape index (κ3) is 3.56. The van der Waals surface area contributed by atoms with Crippen molar-refractivity contribution in [1.29, 1.82) is 0 Å². The van der Waals surface area contributed by atoms with Gasteiger partial charge in [0.25, 0.3) is 0 Å². The van der Waals surface area contributed by atoms with Crippen molar-refractivity contribution >= 4 is 11.6 Å². The number of nitrogens with one attached hydrogen (secondary N) is 1. The molecule has 2 aromatic carbocycles. The van der Waals surface area contributed by atoms with Crippen LogP contribution in [0.3, 0.4) is 0 Å². The summed E-state index contributed by atoms with van der Waals surface area (Å²) in [5.41, 5.74) is 1.39. The molecule has 0 saturated carbocycles. The van der Waals surface area contributed by atoms with E-state index in [0.717, 1.165) is 11.6 Å². The average Bonchev–Trinajstić information content (AvgIpc) is 2.41. The molecular weight excluding hydrogens is 280 g/mol. The molecule has 1 unspecified atom stereocenters. The van der Waals surface area contributed by atoms with Crippen LogP contribution in [0.5, 0.6) is 0 Å². The van der Waals surface area contributed by atoms with E-state index in [9.17, 15) is 8.78 Å². The van der Waals surface area contributed by atoms with E-state index in [1.807, 2.05) is 25.1 Å². The third-order valence-corrected chi connectivity index (χ3v) is 3.54. The molecule has 0 aliphatic carbocycles. The smallest absolute Gasteiger partial charge is 0.130 e. The highest BCUT2D eigenvalue weighted by Crippen LogP contribution is 2.25. The van der Waals surface area contributed by atoms with Crippen LogP contribution in [0.2, 0.25) is 5.02 Å². The van der Waals surface area contributed by atoms with E-state index in [2.05, 4.69) is 5.32 Å². The number of hydrogen-bond donors (Lipinski definition) is 1. The highest BCUT2D eigenvalue weighted by atomic mass is 35.5. The molecule has 0 radical (unpaired) electrons. The van der Waals surface area contributed by atoms with Crippen molar-refractivity contribution in [3.05, 3.63) is 70.2 Å². The van der Waals surface area contributed by atoms with Crippen molar-refractivity contribution in [2.75, 3.05) is 6.54 Å². The lowest BCUT2D eigenvalue weighted by Crippen LogP contribution is -2.24. The van der Waals surface area contributed by atoms with Gasteiger partial charge >= 0.3 is 0 Å². The van der Waals surface area contributed by atoms with Gasteiger partial charge in [0.1, 0.15) is 11.6 Å². The van der Waals surface area contributed by atoms with Gasteiger partial charge in [-0.3, -0.25) is 0 Å². The minimum Gasteiger partial charge on any atom is -0.310 e. The fourth-order valence-corrected chi connectivity index (χ4v) is 2.42. The normalized spacial score (nSPS) is 12.4. The molecule has 2 aromatic rings. The molecule has 0 heterocycles. The first-order valence-corrected chi connectivity index (χ1v) is 6.91. The summed E-state index contributed by atoms with van der Waals surface area (Å²) in [4.78, 5) is 0. The Labute approximate surface area is 122 Å². The summed E-state index contributed by atoms with van der Waals surface area (Å²) >= 11 is 6.14. The van der Waals surface area contributed by atoms with Crippen LogP contribution in [-0.2, 0) is 6.42 Å². The van der Waals surface area contributed by atoms with E-state index in [0.29, 0.717) is 23.6 Å². The molecule has 0 fully saturated rings. The van der Waals surface area contributed by atoms with Gasteiger partial charge in [-0.1, -0.05) is 42.8 Å². The molecule has 0 bridgehead atoms. The van der Waals surface area contributed by atoms with Crippen molar-refractivity contribution in [3.63, 3.8) is 0 Å². The lowest BCUT2D eigenvalue weighted by Gasteiger charge is -2.19. The molecule has 1 N–H and O–H groups in total. The summed E-state index contributed by atoms with van der Waals surface area (Å²) < 4.78 is 26.9. The predicted octanol–water partition coefficient (Wildman–Crippen LogP) is 4.51. The minimum absolute atomic E-state index is 0.236. The number of halogens is 3. The highest BCUT2D eigenvalue weighted by Gasteiger charge is 2.17. The van der Waals surface area contributed by atoms with E-state index in [-0.39, 0.29) is 6.04 Å². The SMILES string of the molecule is CCNC(Cc1ccccc1Cl)c1ccc(F)cc1F. The first kappa shape index (κ1) is 14.9. The standard InChI is InChI=1S/C16H16ClF2N/c1-2-20-16(9-11-5-3-4-6-14(11)17)13-8-7-12(18)10-15(13)19/h3-8,10,16,20H,2,9H2,1H3. The van der Waals surface area contributed by atoms with Gasteiger partial charge in [-0.05, 0) is 30.7 Å². The lowest BCUT2D eigenvalue weighted by atomic mass is 9.98. The van der Waals surface area contributed by atoms with Gasteiger partial charge in [-0.25, -0.2) is 8.78 Å². The van der Waals surface area contributed by atoms with Crippen molar-refractivity contribution in [1.82, 2.24) is 5.32 Å². The van der Waals surface area contributed by atoms with Crippen LogP contribution >= 0.6 is 11.6 Å². The first-order chi connectivity index (χ1) is 9.61. The Morgan fingerprint density at radius 3 is 2.55 bits per heavy atom. The van der Waals surface area contributed by atoms with Crippen LogP contribution in [0.15, 0.2) is 42.5 Å². The molecule has 2 rings (SSSR count). The number of rotatable bonds is 5. The lowest BCUT2D eigenvalue weighted by molar-refractivity contribution is 0.502. The summed E-state index contributed by atoms with van der Waals surface area (Å²) in [5.74, 6) is -1.11. The number of likely N-dealkylation sites (N-methyl/N-ethyl adjacent to an activating group) is 1. The zero-order valence-electron chi connectivity index (χ0n) is 11.2. The maximum atomic E-state index is 13.9. The second-order valence-corrected chi connectivity index (χ2v) is 4.98. The molecule has 4 heteroatoms. The molecular formula is C16H16ClF2N. The van der Waals surface area contributed by atoms with Crippen LogP contribution in [0.4, 0.5) is 8.78 Å². The zero-order chi connectivity index (χ0) is 14.5. The average molecular weight is 296 g/mol. The molecule has 0 saturated heterocycles. The molecule has 20 heavy (non-hydrogen) atoms. The second kappa shape index (κ2) is 6.82. The predicted molar refractivity (Wildman–Crippen MR) is 77.9 cm³/mol. The molecule has 0 spiro atoms. The second-order valence-electron chi connectivity index (χ2n) is 4.57. The molecule has 1 nitrogen and oxygen atoms in total. The van der Waals surface area contributed by atoms with Crippen molar-refractivity contribution in [3.8, 4) is 0 Å². The highest BCUT2D eigenvalue weighted by molar-refractivity contribution is 6.31. The fourth-order valence-electron chi connectivity index (χ4n) is 2.21. The Bertz CT molecular complexity index is 586. The van der Waals surface area contributed by atoms with Crippen LogP contribution < -0.4 is 5.32 Å². The van der Waals surface area contributed by atoms with Gasteiger partial charge in [0.2, 0.25) is 0 Å². The Hall–Kier alpha value is -1.45. The van der Waals surface area contributed by atoms with Crippen LogP contribution in [-0.4, -0.2) is 6.54 Å². The van der Waals surface area contributed by atoms with E-state index < -0.39 is 11.6 Å². The first-order valence-electron chi connectivity index (χ1n) is 6.53. The monoisotopic (exact) mass is 295 g/mol. The maximum absolute atomic E-state index is 13.9. The van der Waals surface area contributed by atoms with E-state index in [4.69, 9.17) is 11.6 Å². The van der Waals surface area contributed by atoms with Crippen LogP contribution in [0, 0.1) is 11.6 Å². The van der Waals surface area contributed by atoms with E-state index in [1.54, 1.807) is 6.07 Å². The number of benzene rings is 2. The molecule has 0 aromatic heterocycles. The zero-order valence-corrected chi connectivity index (χ0v) is 11.9. The van der Waals surface area contributed by atoms with Gasteiger partial charge in [0, 0.05) is 22.7 Å². The molecule has 1 atom stereocenters. The molecule has 0 amide bonds. The largest absolute Gasteiger partial charge is 0.310 e. The van der Waals surface area contributed by atoms with Crippen molar-refractivity contribution in [2.45, 2.75) is 19.4 Å². The third-order valence-electron chi connectivity index (χ3n) is 3.17. The Balaban J connectivity index is 2.29. The van der Waals surface area contributed by atoms with Gasteiger partial charge in [-0.15, -0.1) is 0 Å². The summed E-state index contributed by atoms with van der Waals surface area (Å²) in [7, 11) is 0. The van der Waals surface area contributed by atoms with Crippen LogP contribution in [0.1, 0.15) is 24.1 Å². The van der Waals surface area contributed by atoms with Gasteiger partial charge < -0.3 is 5.32 Å². The van der Waals surface area contributed by atoms with Crippen molar-refractivity contribution < 1.29 is 8.78 Å². The van der Waals surface area contributed by atoms with Gasteiger partial charge in [0.15, 0.2) is 0 Å². The fraction of sp³-hybridized carbons (Fsp3) is 0.250. The van der Waals surface area contributed by atoms with Gasteiger partial charge in [0.05, 0.1) is 0 Å². The minimum atomic E-state index is -0.570. The molecule has 0 aliphatic heterocycles. The Morgan fingerprint density at radius 1 is 1.15 bits per heavy atom.